The van der Waals surface area contributed by atoms with Crippen LogP contribution < -0.4 is 5.73 Å². The molecule has 1 fully saturated rings. The fourth-order valence-electron chi connectivity index (χ4n) is 2.17. The second-order valence-corrected chi connectivity index (χ2v) is 7.36. The molecule has 2 N–H and O–H groups in total. The number of piperidine rings is 1. The monoisotopic (exact) mass is 300 g/mol. The van der Waals surface area contributed by atoms with Crippen LogP contribution in [0.1, 0.15) is 47.5 Å². The van der Waals surface area contributed by atoms with E-state index in [4.69, 9.17) is 15.2 Å². The van der Waals surface area contributed by atoms with Gasteiger partial charge in [0, 0.05) is 25.7 Å². The van der Waals surface area contributed by atoms with E-state index in [0.717, 1.165) is 32.5 Å². The molecule has 1 saturated heterocycles. The minimum absolute atomic E-state index is 0.104. The molecule has 1 aliphatic heterocycles. The SMILES string of the molecule is CC(C)[C@@H](N)COCC1CCN(C(=O)OC(C)(C)C)CC1. The Morgan fingerprint density at radius 3 is 2.33 bits per heavy atom. The Balaban J connectivity index is 2.22. The summed E-state index contributed by atoms with van der Waals surface area (Å²) in [6, 6.07) is 0.104. The maximum Gasteiger partial charge on any atom is 0.410 e. The van der Waals surface area contributed by atoms with Crippen LogP contribution in [-0.2, 0) is 9.47 Å². The van der Waals surface area contributed by atoms with Crippen LogP contribution in [0.25, 0.3) is 0 Å². The predicted octanol–water partition coefficient (Wildman–Crippen LogP) is 2.63. The third-order valence-electron chi connectivity index (χ3n) is 3.79. The Morgan fingerprint density at radius 1 is 1.29 bits per heavy atom. The molecule has 1 rings (SSSR count). The largest absolute Gasteiger partial charge is 0.444 e. The highest BCUT2D eigenvalue weighted by Crippen LogP contribution is 2.20. The van der Waals surface area contributed by atoms with Crippen LogP contribution in [0.15, 0.2) is 0 Å². The van der Waals surface area contributed by atoms with Gasteiger partial charge in [0.1, 0.15) is 5.60 Å². The van der Waals surface area contributed by atoms with E-state index in [2.05, 4.69) is 13.8 Å². The average molecular weight is 300 g/mol. The summed E-state index contributed by atoms with van der Waals surface area (Å²) in [6.45, 7) is 12.7. The third-order valence-corrected chi connectivity index (χ3v) is 3.79. The molecule has 0 aromatic carbocycles. The summed E-state index contributed by atoms with van der Waals surface area (Å²) in [5.41, 5.74) is 5.53. The van der Waals surface area contributed by atoms with Crippen LogP contribution in [0.2, 0.25) is 0 Å². The Morgan fingerprint density at radius 2 is 1.86 bits per heavy atom. The van der Waals surface area contributed by atoms with Gasteiger partial charge in [0.25, 0.3) is 0 Å². The van der Waals surface area contributed by atoms with E-state index in [0.29, 0.717) is 18.4 Å². The average Bonchev–Trinajstić information content (AvgIpc) is 2.37. The molecule has 21 heavy (non-hydrogen) atoms. The van der Waals surface area contributed by atoms with Gasteiger partial charge in [-0.05, 0) is 45.4 Å². The van der Waals surface area contributed by atoms with Crippen LogP contribution in [0.3, 0.4) is 0 Å². The molecule has 0 radical (unpaired) electrons. The van der Waals surface area contributed by atoms with Gasteiger partial charge in [0.05, 0.1) is 6.61 Å². The zero-order valence-corrected chi connectivity index (χ0v) is 14.2. The quantitative estimate of drug-likeness (QED) is 0.847. The van der Waals surface area contributed by atoms with E-state index in [-0.39, 0.29) is 12.1 Å². The number of likely N-dealkylation sites (tertiary alicyclic amines) is 1. The first-order valence-corrected chi connectivity index (χ1v) is 8.00. The highest BCUT2D eigenvalue weighted by Gasteiger charge is 2.26. The van der Waals surface area contributed by atoms with Gasteiger partial charge >= 0.3 is 6.09 Å². The Labute approximate surface area is 129 Å². The smallest absolute Gasteiger partial charge is 0.410 e. The molecule has 0 aromatic heterocycles. The van der Waals surface area contributed by atoms with Crippen molar-refractivity contribution in [1.82, 2.24) is 4.90 Å². The first kappa shape index (κ1) is 18.2. The Bertz CT molecular complexity index is 318. The number of nitrogens with two attached hydrogens (primary N) is 1. The van der Waals surface area contributed by atoms with Crippen molar-refractivity contribution >= 4 is 6.09 Å². The molecule has 0 aromatic rings. The topological polar surface area (TPSA) is 64.8 Å². The lowest BCUT2D eigenvalue weighted by molar-refractivity contribution is 0.0103. The van der Waals surface area contributed by atoms with E-state index in [9.17, 15) is 4.79 Å². The number of carbonyl (C=O) groups is 1. The van der Waals surface area contributed by atoms with E-state index >= 15 is 0 Å². The molecule has 1 amide bonds. The van der Waals surface area contributed by atoms with E-state index in [1.54, 1.807) is 4.90 Å². The molecule has 0 saturated carbocycles. The minimum Gasteiger partial charge on any atom is -0.444 e. The molecule has 5 heteroatoms. The second-order valence-electron chi connectivity index (χ2n) is 7.36. The minimum atomic E-state index is -0.427. The summed E-state index contributed by atoms with van der Waals surface area (Å²) in [6.07, 6.45) is 1.73. The summed E-state index contributed by atoms with van der Waals surface area (Å²) in [5, 5.41) is 0. The molecule has 1 heterocycles. The first-order valence-electron chi connectivity index (χ1n) is 8.00. The number of ether oxygens (including phenoxy) is 2. The van der Waals surface area contributed by atoms with Crippen LogP contribution >= 0.6 is 0 Å². The predicted molar refractivity (Wildman–Crippen MR) is 84.2 cm³/mol. The van der Waals surface area contributed by atoms with E-state index < -0.39 is 5.60 Å². The highest BCUT2D eigenvalue weighted by molar-refractivity contribution is 5.68. The zero-order chi connectivity index (χ0) is 16.0. The molecule has 124 valence electrons. The lowest BCUT2D eigenvalue weighted by Gasteiger charge is -2.33. The van der Waals surface area contributed by atoms with E-state index in [1.165, 1.54) is 0 Å². The zero-order valence-electron chi connectivity index (χ0n) is 14.2. The summed E-state index contributed by atoms with van der Waals surface area (Å²) in [7, 11) is 0. The van der Waals surface area contributed by atoms with Crippen molar-refractivity contribution in [3.05, 3.63) is 0 Å². The molecular formula is C16H32N2O3. The standard InChI is InChI=1S/C16H32N2O3/c1-12(2)14(17)11-20-10-13-6-8-18(9-7-13)15(19)21-16(3,4)5/h12-14H,6-11,17H2,1-5H3/t14-/m0/s1. The number of hydrogen-bond acceptors (Lipinski definition) is 4. The molecule has 0 bridgehead atoms. The maximum atomic E-state index is 12.0. The lowest BCUT2D eigenvalue weighted by Crippen LogP contribution is -2.42. The Kier molecular flexibility index (Phi) is 6.94. The van der Waals surface area contributed by atoms with Crippen molar-refractivity contribution < 1.29 is 14.3 Å². The summed E-state index contributed by atoms with van der Waals surface area (Å²) in [5.74, 6) is 0.960. The number of hydrogen-bond donors (Lipinski definition) is 1. The molecular weight excluding hydrogens is 268 g/mol. The van der Waals surface area contributed by atoms with Crippen molar-refractivity contribution in [2.75, 3.05) is 26.3 Å². The normalized spacial score (nSPS) is 18.9. The van der Waals surface area contributed by atoms with Gasteiger partial charge in [-0.25, -0.2) is 4.79 Å². The summed E-state index contributed by atoms with van der Waals surface area (Å²) < 4.78 is 11.1. The fourth-order valence-corrected chi connectivity index (χ4v) is 2.17. The molecule has 0 aliphatic carbocycles. The lowest BCUT2D eigenvalue weighted by atomic mass is 9.98. The van der Waals surface area contributed by atoms with E-state index in [1.807, 2.05) is 20.8 Å². The third kappa shape index (κ3) is 7.14. The highest BCUT2D eigenvalue weighted by atomic mass is 16.6. The van der Waals surface area contributed by atoms with Gasteiger partial charge in [0.15, 0.2) is 0 Å². The summed E-state index contributed by atoms with van der Waals surface area (Å²) >= 11 is 0. The van der Waals surface area contributed by atoms with Crippen molar-refractivity contribution in [3.8, 4) is 0 Å². The molecule has 0 spiro atoms. The number of rotatable bonds is 5. The number of amides is 1. The van der Waals surface area contributed by atoms with Crippen molar-refractivity contribution in [2.45, 2.75) is 59.1 Å². The van der Waals surface area contributed by atoms with Gasteiger partial charge in [0.2, 0.25) is 0 Å². The second kappa shape index (κ2) is 7.99. The number of nitrogens with zero attached hydrogens (tertiary/aromatic N) is 1. The van der Waals surface area contributed by atoms with Gasteiger partial charge < -0.3 is 20.1 Å². The van der Waals surface area contributed by atoms with Crippen molar-refractivity contribution in [1.29, 1.82) is 0 Å². The van der Waals surface area contributed by atoms with Crippen LogP contribution in [0, 0.1) is 11.8 Å². The Hall–Kier alpha value is -0.810. The molecule has 1 aliphatic rings. The fraction of sp³-hybridized carbons (Fsp3) is 0.938. The van der Waals surface area contributed by atoms with Crippen molar-refractivity contribution in [3.63, 3.8) is 0 Å². The van der Waals surface area contributed by atoms with Crippen molar-refractivity contribution in [2.24, 2.45) is 17.6 Å². The number of carbonyl (C=O) groups excluding carboxylic acids is 1. The molecule has 1 atom stereocenters. The van der Waals surface area contributed by atoms with Gasteiger partial charge in [-0.2, -0.15) is 0 Å². The van der Waals surface area contributed by atoms with Gasteiger partial charge in [-0.15, -0.1) is 0 Å². The van der Waals surface area contributed by atoms with Crippen LogP contribution in [-0.4, -0.2) is 48.9 Å². The van der Waals surface area contributed by atoms with Crippen LogP contribution in [0.5, 0.6) is 0 Å². The first-order chi connectivity index (χ1) is 9.69. The van der Waals surface area contributed by atoms with Gasteiger partial charge in [-0.3, -0.25) is 0 Å². The summed E-state index contributed by atoms with van der Waals surface area (Å²) in [4.78, 5) is 13.7. The van der Waals surface area contributed by atoms with Gasteiger partial charge in [-0.1, -0.05) is 13.8 Å². The van der Waals surface area contributed by atoms with Crippen LogP contribution in [0.4, 0.5) is 4.79 Å². The molecule has 0 unspecified atom stereocenters. The molecule has 5 nitrogen and oxygen atoms in total. The maximum absolute atomic E-state index is 12.0.